The molecule has 0 amide bonds. The van der Waals surface area contributed by atoms with E-state index in [0.717, 1.165) is 5.65 Å². The van der Waals surface area contributed by atoms with Gasteiger partial charge in [-0.25, -0.2) is 4.98 Å². The molecule has 0 aromatic carbocycles. The van der Waals surface area contributed by atoms with Crippen LogP contribution in [0.4, 0.5) is 0 Å². The number of pyridine rings is 1. The Kier molecular flexibility index (Phi) is 2.33. The first-order valence-electron chi connectivity index (χ1n) is 4.61. The molecule has 0 fully saturated rings. The van der Waals surface area contributed by atoms with E-state index in [4.69, 9.17) is 0 Å². The van der Waals surface area contributed by atoms with Crippen LogP contribution in [-0.2, 0) is 9.59 Å². The zero-order chi connectivity index (χ0) is 10.8. The van der Waals surface area contributed by atoms with Crippen molar-refractivity contribution >= 4 is 17.7 Å². The average Bonchev–Trinajstić information content (AvgIpc) is 2.65. The van der Waals surface area contributed by atoms with Crippen LogP contribution in [0.15, 0.2) is 30.7 Å². The van der Waals surface area contributed by atoms with Crippen LogP contribution in [0.3, 0.4) is 0 Å². The number of fused-ring (bicyclic) bond motifs is 1. The van der Waals surface area contributed by atoms with E-state index in [0.29, 0.717) is 11.8 Å². The number of ketones is 1. The van der Waals surface area contributed by atoms with Gasteiger partial charge in [-0.1, -0.05) is 6.07 Å². The SMILES string of the molecule is CC(=O)C(C=O)c1ccc2nccn2c1. The minimum absolute atomic E-state index is 0.149. The third-order valence-electron chi connectivity index (χ3n) is 2.34. The van der Waals surface area contributed by atoms with Crippen molar-refractivity contribution in [3.63, 3.8) is 0 Å². The highest BCUT2D eigenvalue weighted by Gasteiger charge is 2.15. The second-order valence-corrected chi connectivity index (χ2v) is 3.38. The molecule has 4 heteroatoms. The number of aromatic nitrogens is 2. The van der Waals surface area contributed by atoms with Crippen molar-refractivity contribution < 1.29 is 9.59 Å². The van der Waals surface area contributed by atoms with E-state index in [2.05, 4.69) is 4.98 Å². The van der Waals surface area contributed by atoms with Gasteiger partial charge in [0.25, 0.3) is 0 Å². The summed E-state index contributed by atoms with van der Waals surface area (Å²) in [4.78, 5) is 26.0. The maximum Gasteiger partial charge on any atom is 0.144 e. The lowest BCUT2D eigenvalue weighted by molar-refractivity contribution is -0.122. The molecular weight excluding hydrogens is 192 g/mol. The van der Waals surface area contributed by atoms with Crippen molar-refractivity contribution in [3.05, 3.63) is 36.3 Å². The number of rotatable bonds is 3. The number of imidazole rings is 1. The highest BCUT2D eigenvalue weighted by molar-refractivity contribution is 5.97. The van der Waals surface area contributed by atoms with Gasteiger partial charge >= 0.3 is 0 Å². The predicted octanol–water partition coefficient (Wildman–Crippen LogP) is 1.21. The Bertz CT molecular complexity index is 516. The second kappa shape index (κ2) is 3.65. The van der Waals surface area contributed by atoms with Crippen LogP contribution in [0, 0.1) is 0 Å². The summed E-state index contributed by atoms with van der Waals surface area (Å²) >= 11 is 0. The number of aldehydes is 1. The maximum atomic E-state index is 11.2. The molecule has 15 heavy (non-hydrogen) atoms. The summed E-state index contributed by atoms with van der Waals surface area (Å²) in [5.74, 6) is -0.818. The van der Waals surface area contributed by atoms with Gasteiger partial charge in [-0.15, -0.1) is 0 Å². The number of hydrogen-bond donors (Lipinski definition) is 0. The molecule has 4 nitrogen and oxygen atoms in total. The molecule has 2 heterocycles. The Labute approximate surface area is 86.6 Å². The first-order valence-corrected chi connectivity index (χ1v) is 4.61. The Balaban J connectivity index is 2.50. The molecule has 0 spiro atoms. The van der Waals surface area contributed by atoms with Crippen LogP contribution >= 0.6 is 0 Å². The monoisotopic (exact) mass is 202 g/mol. The number of nitrogens with zero attached hydrogens (tertiary/aromatic N) is 2. The summed E-state index contributed by atoms with van der Waals surface area (Å²) in [6.07, 6.45) is 5.87. The second-order valence-electron chi connectivity index (χ2n) is 3.38. The van der Waals surface area contributed by atoms with Crippen molar-refractivity contribution in [2.24, 2.45) is 0 Å². The van der Waals surface area contributed by atoms with Gasteiger partial charge in [0.05, 0.1) is 5.92 Å². The van der Waals surface area contributed by atoms with Crippen molar-refractivity contribution in [3.8, 4) is 0 Å². The van der Waals surface area contributed by atoms with E-state index in [1.807, 2.05) is 0 Å². The summed E-state index contributed by atoms with van der Waals surface area (Å²) in [5.41, 5.74) is 1.50. The van der Waals surface area contributed by atoms with Crippen LogP contribution in [0.25, 0.3) is 5.65 Å². The minimum Gasteiger partial charge on any atom is -0.307 e. The Morgan fingerprint density at radius 1 is 1.53 bits per heavy atom. The van der Waals surface area contributed by atoms with Gasteiger partial charge in [-0.05, 0) is 18.6 Å². The van der Waals surface area contributed by atoms with E-state index >= 15 is 0 Å². The highest BCUT2D eigenvalue weighted by Crippen LogP contribution is 2.15. The number of Topliss-reactive ketones (excluding diaryl/α,β-unsaturated/α-hetero) is 1. The molecule has 0 aliphatic rings. The van der Waals surface area contributed by atoms with Gasteiger partial charge < -0.3 is 9.20 Å². The first-order chi connectivity index (χ1) is 7.22. The Morgan fingerprint density at radius 2 is 2.33 bits per heavy atom. The zero-order valence-corrected chi connectivity index (χ0v) is 8.25. The molecule has 0 bridgehead atoms. The van der Waals surface area contributed by atoms with Gasteiger partial charge in [-0.2, -0.15) is 0 Å². The van der Waals surface area contributed by atoms with Crippen LogP contribution in [-0.4, -0.2) is 21.5 Å². The van der Waals surface area contributed by atoms with Crippen LogP contribution in [0.5, 0.6) is 0 Å². The molecule has 0 saturated carbocycles. The fraction of sp³-hybridized carbons (Fsp3) is 0.182. The van der Waals surface area contributed by atoms with Gasteiger partial charge in [0, 0.05) is 18.6 Å². The molecule has 2 aromatic rings. The molecule has 1 atom stereocenters. The molecule has 2 aromatic heterocycles. The Morgan fingerprint density at radius 3 is 3.00 bits per heavy atom. The molecule has 0 saturated heterocycles. The fourth-order valence-electron chi connectivity index (χ4n) is 1.53. The average molecular weight is 202 g/mol. The summed E-state index contributed by atoms with van der Waals surface area (Å²) in [6.45, 7) is 1.41. The molecular formula is C11H10N2O2. The topological polar surface area (TPSA) is 51.4 Å². The molecule has 76 valence electrons. The standard InChI is InChI=1S/C11H10N2O2/c1-8(15)10(7-14)9-2-3-11-12-4-5-13(11)6-9/h2-7,10H,1H3. The van der Waals surface area contributed by atoms with Crippen molar-refractivity contribution in [2.45, 2.75) is 12.8 Å². The number of carbonyl (C=O) groups excluding carboxylic acids is 2. The summed E-state index contributed by atoms with van der Waals surface area (Å²) in [5, 5.41) is 0. The normalized spacial score (nSPS) is 12.6. The quantitative estimate of drug-likeness (QED) is 0.555. The van der Waals surface area contributed by atoms with E-state index in [9.17, 15) is 9.59 Å². The molecule has 0 aliphatic heterocycles. The molecule has 0 aliphatic carbocycles. The lowest BCUT2D eigenvalue weighted by Crippen LogP contribution is -2.10. The zero-order valence-electron chi connectivity index (χ0n) is 8.25. The van der Waals surface area contributed by atoms with E-state index in [1.165, 1.54) is 6.92 Å². The predicted molar refractivity (Wildman–Crippen MR) is 54.7 cm³/mol. The van der Waals surface area contributed by atoms with Crippen LogP contribution in [0.2, 0.25) is 0 Å². The number of carbonyl (C=O) groups is 2. The largest absolute Gasteiger partial charge is 0.307 e. The summed E-state index contributed by atoms with van der Waals surface area (Å²) in [6, 6.07) is 3.54. The fourth-order valence-corrected chi connectivity index (χ4v) is 1.53. The van der Waals surface area contributed by atoms with E-state index < -0.39 is 5.92 Å². The third kappa shape index (κ3) is 1.66. The van der Waals surface area contributed by atoms with Crippen molar-refractivity contribution in [1.29, 1.82) is 0 Å². The molecule has 0 radical (unpaired) electrons. The molecule has 0 N–H and O–H groups in total. The maximum absolute atomic E-state index is 11.2. The number of hydrogen-bond acceptors (Lipinski definition) is 3. The van der Waals surface area contributed by atoms with Gasteiger partial charge in [0.15, 0.2) is 0 Å². The van der Waals surface area contributed by atoms with Gasteiger partial charge in [-0.3, -0.25) is 4.79 Å². The lowest BCUT2D eigenvalue weighted by atomic mass is 9.99. The van der Waals surface area contributed by atoms with Crippen molar-refractivity contribution in [1.82, 2.24) is 9.38 Å². The van der Waals surface area contributed by atoms with E-state index in [-0.39, 0.29) is 5.78 Å². The van der Waals surface area contributed by atoms with Crippen LogP contribution < -0.4 is 0 Å². The first kappa shape index (κ1) is 9.58. The molecule has 1 unspecified atom stereocenters. The van der Waals surface area contributed by atoms with Gasteiger partial charge in [0.1, 0.15) is 17.7 Å². The summed E-state index contributed by atoms with van der Waals surface area (Å²) < 4.78 is 1.79. The van der Waals surface area contributed by atoms with Crippen LogP contribution in [0.1, 0.15) is 18.4 Å². The minimum atomic E-state index is -0.670. The summed E-state index contributed by atoms with van der Waals surface area (Å²) in [7, 11) is 0. The highest BCUT2D eigenvalue weighted by atomic mass is 16.1. The van der Waals surface area contributed by atoms with E-state index in [1.54, 1.807) is 35.1 Å². The third-order valence-corrected chi connectivity index (χ3v) is 2.34. The van der Waals surface area contributed by atoms with Crippen molar-refractivity contribution in [2.75, 3.05) is 0 Å². The lowest BCUT2D eigenvalue weighted by Gasteiger charge is -2.06. The molecule has 2 rings (SSSR count). The van der Waals surface area contributed by atoms with Gasteiger partial charge in [0.2, 0.25) is 0 Å². The smallest absolute Gasteiger partial charge is 0.144 e. The Hall–Kier alpha value is -1.97.